The van der Waals surface area contributed by atoms with E-state index in [1.807, 2.05) is 0 Å². The molecular weight excluding hydrogens is 366 g/mol. The minimum atomic E-state index is -1.01. The quantitative estimate of drug-likeness (QED) is 0.512. The number of carbonyl (C=O) groups is 2. The van der Waals surface area contributed by atoms with Gasteiger partial charge in [0.15, 0.2) is 0 Å². The highest BCUT2D eigenvalue weighted by Gasteiger charge is 2.19. The predicted molar refractivity (Wildman–Crippen MR) is 95.1 cm³/mol. The largest absolute Gasteiger partial charge is 0.478 e. The zero-order valence-electron chi connectivity index (χ0n) is 12.9. The van der Waals surface area contributed by atoms with Crippen LogP contribution in [0.25, 0.3) is 10.2 Å². The highest BCUT2D eigenvalue weighted by Crippen LogP contribution is 2.33. The molecule has 0 spiro atoms. The minimum absolute atomic E-state index is 0.0365. The van der Waals surface area contributed by atoms with E-state index >= 15 is 0 Å². The number of nitrogens with zero attached hydrogens (tertiary/aromatic N) is 2. The summed E-state index contributed by atoms with van der Waals surface area (Å²) >= 11 is 7.22. The van der Waals surface area contributed by atoms with Crippen LogP contribution in [0.5, 0.6) is 0 Å². The molecule has 0 aliphatic rings. The molecule has 3 aromatic rings. The molecule has 0 radical (unpaired) electrons. The van der Waals surface area contributed by atoms with Crippen molar-refractivity contribution in [3.05, 3.63) is 46.1 Å². The Morgan fingerprint density at radius 3 is 2.64 bits per heavy atom. The molecule has 0 saturated heterocycles. The molecule has 7 nitrogen and oxygen atoms in total. The van der Waals surface area contributed by atoms with Gasteiger partial charge in [-0.15, -0.1) is 11.3 Å². The number of anilines is 2. The first-order valence-electron chi connectivity index (χ1n) is 7.22. The van der Waals surface area contributed by atoms with E-state index in [0.29, 0.717) is 27.3 Å². The van der Waals surface area contributed by atoms with Crippen LogP contribution in [0, 0.1) is 0 Å². The summed E-state index contributed by atoms with van der Waals surface area (Å²) in [5, 5.41) is 14.2. The van der Waals surface area contributed by atoms with Gasteiger partial charge in [-0.25, -0.2) is 14.6 Å². The van der Waals surface area contributed by atoms with Crippen LogP contribution in [0.3, 0.4) is 0 Å². The number of carboxylic acids is 1. The predicted octanol–water partition coefficient (Wildman–Crippen LogP) is 3.96. The lowest BCUT2D eigenvalue weighted by atomic mass is 10.2. The van der Waals surface area contributed by atoms with Crippen molar-refractivity contribution < 1.29 is 19.4 Å². The Kier molecular flexibility index (Phi) is 4.82. The normalized spacial score (nSPS) is 10.6. The number of aromatic carboxylic acids is 1. The summed E-state index contributed by atoms with van der Waals surface area (Å²) in [6.07, 6.45) is 0. The van der Waals surface area contributed by atoms with Gasteiger partial charge >= 0.3 is 11.9 Å². The minimum Gasteiger partial charge on any atom is -0.478 e. The van der Waals surface area contributed by atoms with E-state index in [9.17, 15) is 9.59 Å². The maximum absolute atomic E-state index is 12.1. The molecule has 0 unspecified atom stereocenters. The number of rotatable bonds is 5. The fourth-order valence-corrected chi connectivity index (χ4v) is 3.32. The molecule has 9 heteroatoms. The van der Waals surface area contributed by atoms with Gasteiger partial charge in [0.25, 0.3) is 0 Å². The monoisotopic (exact) mass is 377 g/mol. The third-order valence-corrected chi connectivity index (χ3v) is 4.34. The van der Waals surface area contributed by atoms with Crippen molar-refractivity contribution in [2.45, 2.75) is 6.92 Å². The molecule has 2 N–H and O–H groups in total. The topological polar surface area (TPSA) is 101 Å². The zero-order valence-corrected chi connectivity index (χ0v) is 14.5. The van der Waals surface area contributed by atoms with Gasteiger partial charge in [-0.2, -0.15) is 4.98 Å². The Morgan fingerprint density at radius 2 is 2.00 bits per heavy atom. The van der Waals surface area contributed by atoms with Crippen LogP contribution in [-0.2, 0) is 4.74 Å². The Balaban J connectivity index is 2.03. The first-order valence-corrected chi connectivity index (χ1v) is 8.47. The molecule has 128 valence electrons. The molecule has 1 aromatic carbocycles. The first-order chi connectivity index (χ1) is 12.0. The number of nitrogens with one attached hydrogen (secondary N) is 1. The van der Waals surface area contributed by atoms with Crippen LogP contribution in [0.1, 0.15) is 27.6 Å². The lowest BCUT2D eigenvalue weighted by molar-refractivity contribution is 0.0528. The Hall–Kier alpha value is -2.71. The van der Waals surface area contributed by atoms with Crippen LogP contribution in [-0.4, -0.2) is 33.6 Å². The highest BCUT2D eigenvalue weighted by molar-refractivity contribution is 7.17. The van der Waals surface area contributed by atoms with Crippen molar-refractivity contribution in [3.8, 4) is 0 Å². The third-order valence-electron chi connectivity index (χ3n) is 3.30. The average molecular weight is 378 g/mol. The van der Waals surface area contributed by atoms with Gasteiger partial charge < -0.3 is 15.2 Å². The zero-order chi connectivity index (χ0) is 18.0. The van der Waals surface area contributed by atoms with E-state index in [1.54, 1.807) is 24.4 Å². The number of aromatic nitrogens is 2. The van der Waals surface area contributed by atoms with Crippen LogP contribution < -0.4 is 5.32 Å². The maximum Gasteiger partial charge on any atom is 0.339 e. The van der Waals surface area contributed by atoms with Crippen molar-refractivity contribution in [2.24, 2.45) is 0 Å². The van der Waals surface area contributed by atoms with Crippen molar-refractivity contribution >= 4 is 56.6 Å². The molecule has 0 fully saturated rings. The molecule has 3 rings (SSSR count). The number of halogens is 1. The van der Waals surface area contributed by atoms with Crippen LogP contribution in [0.15, 0.2) is 29.6 Å². The molecule has 0 aliphatic carbocycles. The second-order valence-corrected chi connectivity index (χ2v) is 6.09. The summed E-state index contributed by atoms with van der Waals surface area (Å²) in [5.74, 6) is -1.13. The molecule has 0 atom stereocenters. The third kappa shape index (κ3) is 3.54. The van der Waals surface area contributed by atoms with Gasteiger partial charge in [-0.3, -0.25) is 0 Å². The fraction of sp³-hybridized carbons (Fsp3) is 0.125. The smallest absolute Gasteiger partial charge is 0.339 e. The first kappa shape index (κ1) is 17.1. The maximum atomic E-state index is 12.1. The van der Waals surface area contributed by atoms with Gasteiger partial charge in [-0.1, -0.05) is 0 Å². The summed E-state index contributed by atoms with van der Waals surface area (Å²) in [4.78, 5) is 31.9. The van der Waals surface area contributed by atoms with E-state index < -0.39 is 11.9 Å². The van der Waals surface area contributed by atoms with Crippen LogP contribution in [0.2, 0.25) is 5.28 Å². The van der Waals surface area contributed by atoms with Crippen LogP contribution >= 0.6 is 22.9 Å². The van der Waals surface area contributed by atoms with Crippen molar-refractivity contribution in [3.63, 3.8) is 0 Å². The van der Waals surface area contributed by atoms with Crippen LogP contribution in [0.4, 0.5) is 11.5 Å². The molecular formula is C16H12ClN3O4S. The van der Waals surface area contributed by atoms with E-state index in [4.69, 9.17) is 21.4 Å². The average Bonchev–Trinajstić information content (AvgIpc) is 2.99. The summed E-state index contributed by atoms with van der Waals surface area (Å²) < 4.78 is 5.06. The Bertz CT molecular complexity index is 956. The molecule has 0 amide bonds. The highest BCUT2D eigenvalue weighted by atomic mass is 35.5. The van der Waals surface area contributed by atoms with E-state index in [0.717, 1.165) is 0 Å². The Labute approximate surface area is 151 Å². The number of esters is 1. The lowest BCUT2D eigenvalue weighted by Gasteiger charge is -2.09. The molecule has 0 saturated carbocycles. The number of thiophene rings is 1. The number of hydrogen-bond acceptors (Lipinski definition) is 7. The van der Waals surface area contributed by atoms with Gasteiger partial charge in [0.1, 0.15) is 10.6 Å². The number of hydrogen-bond donors (Lipinski definition) is 2. The number of carbonyl (C=O) groups excluding carboxylic acids is 1. The molecule has 2 heterocycles. The van der Waals surface area contributed by atoms with Gasteiger partial charge in [-0.05, 0) is 42.8 Å². The summed E-state index contributed by atoms with van der Waals surface area (Å²) in [7, 11) is 0. The standard InChI is InChI=1S/C16H12ClN3O4S/c1-2-24-15(23)10-7-25-13-11(10)12(19-16(17)20-13)18-9-5-3-8(4-6-9)14(21)22/h3-7H,2H2,1H3,(H,21,22)(H,18,19,20). The number of carboxylic acid groups (broad SMARTS) is 1. The number of ether oxygens (including phenoxy) is 1. The second-order valence-electron chi connectivity index (χ2n) is 4.90. The van der Waals surface area contributed by atoms with Crippen molar-refractivity contribution in [1.82, 2.24) is 9.97 Å². The van der Waals surface area contributed by atoms with Crippen molar-refractivity contribution in [2.75, 3.05) is 11.9 Å². The second kappa shape index (κ2) is 7.04. The number of fused-ring (bicyclic) bond motifs is 1. The Morgan fingerprint density at radius 1 is 1.28 bits per heavy atom. The van der Waals surface area contributed by atoms with Crippen molar-refractivity contribution in [1.29, 1.82) is 0 Å². The fourth-order valence-electron chi connectivity index (χ4n) is 2.20. The molecule has 25 heavy (non-hydrogen) atoms. The SMILES string of the molecule is CCOC(=O)c1csc2nc(Cl)nc(Nc3ccc(C(=O)O)cc3)c12. The molecule has 0 bridgehead atoms. The summed E-state index contributed by atoms with van der Waals surface area (Å²) in [6, 6.07) is 6.12. The van der Waals surface area contributed by atoms with Gasteiger partial charge in [0.2, 0.25) is 5.28 Å². The lowest BCUT2D eigenvalue weighted by Crippen LogP contribution is -2.05. The summed E-state index contributed by atoms with van der Waals surface area (Å²) in [5.41, 5.74) is 1.12. The summed E-state index contributed by atoms with van der Waals surface area (Å²) in [6.45, 7) is 1.98. The van der Waals surface area contributed by atoms with Gasteiger partial charge in [0.05, 0.1) is 23.1 Å². The van der Waals surface area contributed by atoms with Gasteiger partial charge in [0, 0.05) is 11.1 Å². The van der Waals surface area contributed by atoms with E-state index in [2.05, 4.69) is 15.3 Å². The van der Waals surface area contributed by atoms with E-state index in [1.165, 1.54) is 23.5 Å². The molecule has 2 aromatic heterocycles. The number of benzene rings is 1. The molecule has 0 aliphatic heterocycles. The van der Waals surface area contributed by atoms with E-state index in [-0.39, 0.29) is 17.5 Å².